The SMILES string of the molecule is O=S(=O)(NCc1nc(-c2ccccc2)n[nH]1)c1cc(Cl)ccc1C(F)(F)F. The maximum atomic E-state index is 13.1. The molecule has 0 radical (unpaired) electrons. The number of aromatic nitrogens is 3. The van der Waals surface area contributed by atoms with Crippen molar-refractivity contribution in [1.29, 1.82) is 0 Å². The highest BCUT2D eigenvalue weighted by Crippen LogP contribution is 2.35. The summed E-state index contributed by atoms with van der Waals surface area (Å²) in [6.07, 6.45) is -4.85. The van der Waals surface area contributed by atoms with Crippen LogP contribution in [-0.2, 0) is 22.7 Å². The van der Waals surface area contributed by atoms with E-state index in [0.29, 0.717) is 17.5 Å². The molecule has 0 fully saturated rings. The van der Waals surface area contributed by atoms with Gasteiger partial charge in [0.15, 0.2) is 5.82 Å². The van der Waals surface area contributed by atoms with Crippen molar-refractivity contribution in [2.24, 2.45) is 0 Å². The van der Waals surface area contributed by atoms with E-state index in [1.165, 1.54) is 0 Å². The zero-order valence-corrected chi connectivity index (χ0v) is 15.0. The van der Waals surface area contributed by atoms with E-state index < -0.39 is 26.7 Å². The molecule has 0 saturated carbocycles. The lowest BCUT2D eigenvalue weighted by molar-refractivity contribution is -0.139. The first kappa shape index (κ1) is 19.3. The normalized spacial score (nSPS) is 12.3. The van der Waals surface area contributed by atoms with E-state index in [4.69, 9.17) is 11.6 Å². The van der Waals surface area contributed by atoms with Crippen LogP contribution in [0.5, 0.6) is 0 Å². The van der Waals surface area contributed by atoms with Crippen molar-refractivity contribution in [3.05, 3.63) is 64.9 Å². The van der Waals surface area contributed by atoms with Gasteiger partial charge in [-0.2, -0.15) is 18.3 Å². The smallest absolute Gasteiger partial charge is 0.262 e. The van der Waals surface area contributed by atoms with Gasteiger partial charge in [0.1, 0.15) is 5.82 Å². The van der Waals surface area contributed by atoms with Crippen molar-refractivity contribution in [2.75, 3.05) is 0 Å². The maximum absolute atomic E-state index is 13.1. The van der Waals surface area contributed by atoms with Gasteiger partial charge in [0, 0.05) is 10.6 Å². The average Bonchev–Trinajstić information content (AvgIpc) is 3.09. The molecule has 0 saturated heterocycles. The minimum atomic E-state index is -4.85. The predicted octanol–water partition coefficient (Wildman–Crippen LogP) is 3.62. The van der Waals surface area contributed by atoms with Gasteiger partial charge in [0.25, 0.3) is 0 Å². The summed E-state index contributed by atoms with van der Waals surface area (Å²) in [5.74, 6) is 0.483. The van der Waals surface area contributed by atoms with Gasteiger partial charge in [-0.1, -0.05) is 41.9 Å². The molecule has 0 aliphatic rings. The lowest BCUT2D eigenvalue weighted by Crippen LogP contribution is -2.26. The minimum absolute atomic E-state index is 0.130. The Morgan fingerprint density at radius 2 is 1.81 bits per heavy atom. The summed E-state index contributed by atoms with van der Waals surface area (Å²) in [5.41, 5.74) is -0.598. The van der Waals surface area contributed by atoms with E-state index in [2.05, 4.69) is 19.9 Å². The summed E-state index contributed by atoms with van der Waals surface area (Å²) in [6, 6.07) is 11.3. The summed E-state index contributed by atoms with van der Waals surface area (Å²) in [5, 5.41) is 6.38. The highest BCUT2D eigenvalue weighted by Gasteiger charge is 2.37. The Kier molecular flexibility index (Phi) is 5.22. The minimum Gasteiger partial charge on any atom is -0.262 e. The first-order chi connectivity index (χ1) is 12.7. The Morgan fingerprint density at radius 1 is 1.11 bits per heavy atom. The Morgan fingerprint density at radius 3 is 2.48 bits per heavy atom. The van der Waals surface area contributed by atoms with Gasteiger partial charge in [-0.25, -0.2) is 18.1 Å². The fourth-order valence-corrected chi connectivity index (χ4v) is 3.76. The Balaban J connectivity index is 1.83. The Labute approximate surface area is 157 Å². The lowest BCUT2D eigenvalue weighted by atomic mass is 10.2. The summed E-state index contributed by atoms with van der Waals surface area (Å²) in [6.45, 7) is -0.369. The standard InChI is InChI=1S/C16H12ClF3N4O2S/c17-11-6-7-12(16(18,19)20)13(8-11)27(25,26)21-9-14-22-15(24-23-14)10-4-2-1-3-5-10/h1-8,21H,9H2,(H,22,23,24). The van der Waals surface area contributed by atoms with Crippen molar-refractivity contribution in [3.63, 3.8) is 0 Å². The van der Waals surface area contributed by atoms with Gasteiger partial charge in [-0.15, -0.1) is 0 Å². The third kappa shape index (κ3) is 4.46. The van der Waals surface area contributed by atoms with Crippen LogP contribution < -0.4 is 4.72 Å². The predicted molar refractivity (Wildman–Crippen MR) is 92.3 cm³/mol. The Bertz CT molecular complexity index is 1050. The second kappa shape index (κ2) is 7.29. The van der Waals surface area contributed by atoms with Crippen LogP contribution in [0.4, 0.5) is 13.2 Å². The summed E-state index contributed by atoms with van der Waals surface area (Å²) in [7, 11) is -4.49. The second-order valence-corrected chi connectivity index (χ2v) is 7.61. The zero-order valence-electron chi connectivity index (χ0n) is 13.5. The third-order valence-electron chi connectivity index (χ3n) is 3.53. The number of rotatable bonds is 5. The average molecular weight is 417 g/mol. The number of nitrogens with one attached hydrogen (secondary N) is 2. The van der Waals surface area contributed by atoms with Crippen molar-refractivity contribution in [1.82, 2.24) is 19.9 Å². The van der Waals surface area contributed by atoms with Crippen LogP contribution in [0.1, 0.15) is 11.4 Å². The third-order valence-corrected chi connectivity index (χ3v) is 5.21. The van der Waals surface area contributed by atoms with Gasteiger partial charge in [0.05, 0.1) is 17.0 Å². The first-order valence-electron chi connectivity index (χ1n) is 7.50. The summed E-state index contributed by atoms with van der Waals surface area (Å²) in [4.78, 5) is 3.17. The lowest BCUT2D eigenvalue weighted by Gasteiger charge is -2.13. The number of hydrogen-bond acceptors (Lipinski definition) is 4. The molecule has 3 aromatic rings. The monoisotopic (exact) mass is 416 g/mol. The van der Waals surface area contributed by atoms with Crippen LogP contribution in [0.25, 0.3) is 11.4 Å². The molecule has 0 atom stereocenters. The fourth-order valence-electron chi connectivity index (χ4n) is 2.28. The molecular weight excluding hydrogens is 405 g/mol. The molecule has 2 aromatic carbocycles. The number of aromatic amines is 1. The van der Waals surface area contributed by atoms with Crippen LogP contribution >= 0.6 is 11.6 Å². The quantitative estimate of drug-likeness (QED) is 0.665. The molecule has 2 N–H and O–H groups in total. The number of H-pyrrole nitrogens is 1. The molecular formula is C16H12ClF3N4O2S. The topological polar surface area (TPSA) is 87.7 Å². The largest absolute Gasteiger partial charge is 0.417 e. The molecule has 0 amide bonds. The van der Waals surface area contributed by atoms with Crippen molar-refractivity contribution >= 4 is 21.6 Å². The fraction of sp³-hybridized carbons (Fsp3) is 0.125. The van der Waals surface area contributed by atoms with Gasteiger partial charge < -0.3 is 0 Å². The Hall–Kier alpha value is -2.43. The van der Waals surface area contributed by atoms with Crippen LogP contribution in [0.3, 0.4) is 0 Å². The molecule has 142 valence electrons. The molecule has 0 unspecified atom stereocenters. The summed E-state index contributed by atoms with van der Waals surface area (Å²) < 4.78 is 66.1. The highest BCUT2D eigenvalue weighted by molar-refractivity contribution is 7.89. The molecule has 3 rings (SSSR count). The zero-order chi connectivity index (χ0) is 19.7. The van der Waals surface area contributed by atoms with E-state index in [0.717, 1.165) is 12.1 Å². The van der Waals surface area contributed by atoms with Crippen molar-refractivity contribution < 1.29 is 21.6 Å². The van der Waals surface area contributed by atoms with E-state index in [1.807, 2.05) is 6.07 Å². The highest BCUT2D eigenvalue weighted by atomic mass is 35.5. The second-order valence-electron chi connectivity index (χ2n) is 5.43. The van der Waals surface area contributed by atoms with Crippen LogP contribution in [0, 0.1) is 0 Å². The molecule has 1 aromatic heterocycles. The molecule has 0 bridgehead atoms. The molecule has 0 spiro atoms. The van der Waals surface area contributed by atoms with Gasteiger partial charge in [-0.3, -0.25) is 5.10 Å². The number of hydrogen-bond donors (Lipinski definition) is 2. The van der Waals surface area contributed by atoms with Gasteiger partial charge in [0.2, 0.25) is 10.0 Å². The van der Waals surface area contributed by atoms with E-state index in [-0.39, 0.29) is 17.4 Å². The van der Waals surface area contributed by atoms with Gasteiger partial charge in [-0.05, 0) is 18.2 Å². The number of alkyl halides is 3. The first-order valence-corrected chi connectivity index (χ1v) is 9.36. The molecule has 11 heteroatoms. The van der Waals surface area contributed by atoms with E-state index in [9.17, 15) is 21.6 Å². The molecule has 1 heterocycles. The molecule has 6 nitrogen and oxygen atoms in total. The summed E-state index contributed by atoms with van der Waals surface area (Å²) >= 11 is 5.67. The maximum Gasteiger partial charge on any atom is 0.417 e. The number of sulfonamides is 1. The van der Waals surface area contributed by atoms with Crippen molar-refractivity contribution in [2.45, 2.75) is 17.6 Å². The van der Waals surface area contributed by atoms with Crippen LogP contribution in [-0.4, -0.2) is 23.6 Å². The van der Waals surface area contributed by atoms with Crippen LogP contribution in [0.2, 0.25) is 5.02 Å². The van der Waals surface area contributed by atoms with E-state index >= 15 is 0 Å². The molecule has 0 aliphatic carbocycles. The van der Waals surface area contributed by atoms with Crippen LogP contribution in [0.15, 0.2) is 53.4 Å². The number of halogens is 4. The molecule has 27 heavy (non-hydrogen) atoms. The van der Waals surface area contributed by atoms with Crippen molar-refractivity contribution in [3.8, 4) is 11.4 Å². The van der Waals surface area contributed by atoms with E-state index in [1.54, 1.807) is 24.3 Å². The number of benzene rings is 2. The number of nitrogens with zero attached hydrogens (tertiary/aromatic N) is 2. The van der Waals surface area contributed by atoms with Gasteiger partial charge >= 0.3 is 6.18 Å². The molecule has 0 aliphatic heterocycles.